The molecule has 0 aliphatic carbocycles. The maximum Gasteiger partial charge on any atom is 2.00 e. The molecule has 6 unspecified atom stereocenters. The Labute approximate surface area is 476 Å². The Bertz CT molecular complexity index is 3230. The standard InChI is InChI=1S/C56H66Br4N8O4.Pd/c1-28(2)23-32(9)69-43-22-20-42(58)47-46(43)52-63-50-38-16-14-13-15-37(38)49(61-50)62-51-39-18-17-36(57)27-40(39)54(64-51)68(72-35(12)26-31(7)8)55(60)41-19-21-44(70-33(10)24-29(3)4)48(59)45(41)53(65-55)67-56(47,66-52)71-34(11)25-30(5)6;/h13-22,27-35,64H,23-26H2,1-12H3,(H,65,67)(H,61,62,63,66);/q;+2. The van der Waals surface area contributed by atoms with Gasteiger partial charge in [-0.25, -0.2) is 20.0 Å². The van der Waals surface area contributed by atoms with Crippen LogP contribution in [0.25, 0.3) is 21.5 Å². The number of amidine groups is 2. The molecule has 3 N–H and O–H groups in total. The Hall–Kier alpha value is -3.40. The number of nitrogens with one attached hydrogen (secondary N) is 3. The number of aromatic amines is 2. The molecule has 390 valence electrons. The predicted octanol–water partition coefficient (Wildman–Crippen LogP) is 14.9. The smallest absolute Gasteiger partial charge is 0.490 e. The summed E-state index contributed by atoms with van der Waals surface area (Å²) in [5.74, 6) is 3.37. The van der Waals surface area contributed by atoms with Gasteiger partial charge in [-0.2, -0.15) is 5.06 Å². The van der Waals surface area contributed by atoms with E-state index in [-0.39, 0.29) is 44.8 Å². The number of H-pyrrole nitrogens is 2. The van der Waals surface area contributed by atoms with Crippen molar-refractivity contribution < 1.29 is 39.5 Å². The normalized spacial score (nSPS) is 20.2. The van der Waals surface area contributed by atoms with Crippen molar-refractivity contribution in [3.8, 4) is 11.5 Å². The molecule has 4 aromatic carbocycles. The van der Waals surface area contributed by atoms with Gasteiger partial charge in [-0.1, -0.05) is 112 Å². The monoisotopic (exact) mass is 1340 g/mol. The number of alkyl halides is 1. The van der Waals surface area contributed by atoms with Gasteiger partial charge in [0.15, 0.2) is 5.84 Å². The molecule has 0 saturated carbocycles. The van der Waals surface area contributed by atoms with Crippen LogP contribution in [0.2, 0.25) is 0 Å². The molecule has 9 rings (SSSR count). The van der Waals surface area contributed by atoms with E-state index in [1.165, 1.54) is 0 Å². The number of benzene rings is 4. The Balaban J connectivity index is 0.00000711. The minimum Gasteiger partial charge on any atom is -0.490 e. The average Bonchev–Trinajstić information content (AvgIpc) is 3.99. The molecule has 2 aromatic heterocycles. The number of halogens is 4. The summed E-state index contributed by atoms with van der Waals surface area (Å²) in [4.78, 5) is 37.0. The van der Waals surface area contributed by atoms with Gasteiger partial charge in [0, 0.05) is 41.6 Å². The van der Waals surface area contributed by atoms with Crippen LogP contribution in [0.4, 0.5) is 11.6 Å². The van der Waals surface area contributed by atoms with E-state index in [2.05, 4.69) is 192 Å². The van der Waals surface area contributed by atoms with Crippen LogP contribution in [-0.4, -0.2) is 46.1 Å². The SMILES string of the molecule is CC(C)CC(C)Oc1ccc2c(c1Br)C1=NC2(Br)N(OC(C)CC(C)C)c2[nH]c(c3ccc(Br)cc23)/N=c2\[nH]c(c3ccccc23)=NC2=NC(OC(C)CC(C)C)(N1)c1c(Br)ccc(OC(C)CC(C)C)c12.[Pd+2]. The van der Waals surface area contributed by atoms with E-state index in [0.29, 0.717) is 85.1 Å². The topological polar surface area (TPSA) is 133 Å². The van der Waals surface area contributed by atoms with Crippen molar-refractivity contribution in [1.82, 2.24) is 15.3 Å². The molecule has 0 amide bonds. The van der Waals surface area contributed by atoms with Crippen LogP contribution in [0.1, 0.15) is 131 Å². The molecule has 3 aliphatic rings. The van der Waals surface area contributed by atoms with Crippen molar-refractivity contribution in [1.29, 1.82) is 0 Å². The van der Waals surface area contributed by atoms with E-state index in [4.69, 9.17) is 39.0 Å². The second kappa shape index (κ2) is 22.3. The average molecular weight is 1340 g/mol. The summed E-state index contributed by atoms with van der Waals surface area (Å²) in [6.07, 6.45) is 2.52. The largest absolute Gasteiger partial charge is 2.00 e. The number of hydrogen-bond acceptors (Lipinski definition) is 10. The minimum absolute atomic E-state index is 0. The molecule has 12 nitrogen and oxygen atoms in total. The molecule has 17 heteroatoms. The fourth-order valence-corrected chi connectivity index (χ4v) is 12.9. The van der Waals surface area contributed by atoms with Crippen LogP contribution in [-0.2, 0) is 40.4 Å². The summed E-state index contributed by atoms with van der Waals surface area (Å²) in [5.41, 5.74) is 4.15. The summed E-state index contributed by atoms with van der Waals surface area (Å²) >= 11 is 16.3. The number of nitrogens with zero attached hydrogens (tertiary/aromatic N) is 5. The van der Waals surface area contributed by atoms with Crippen LogP contribution in [0.5, 0.6) is 11.5 Å². The van der Waals surface area contributed by atoms with Crippen molar-refractivity contribution in [3.05, 3.63) is 113 Å². The molecule has 0 spiro atoms. The molecular weight excluding hydrogens is 1270 g/mol. The van der Waals surface area contributed by atoms with Gasteiger partial charge in [0.25, 0.3) is 5.85 Å². The first-order valence-electron chi connectivity index (χ1n) is 25.3. The molecule has 0 fully saturated rings. The summed E-state index contributed by atoms with van der Waals surface area (Å²) in [6.45, 7) is 26.1. The van der Waals surface area contributed by atoms with Gasteiger partial charge in [-0.05, 0) is 151 Å². The third-order valence-electron chi connectivity index (χ3n) is 13.0. The first-order valence-corrected chi connectivity index (χ1v) is 28.5. The van der Waals surface area contributed by atoms with E-state index in [1.807, 2.05) is 41.5 Å². The first kappa shape index (κ1) is 55.8. The fraction of sp³-hybridized carbons (Fsp3) is 0.464. The Kier molecular flexibility index (Phi) is 17.0. The van der Waals surface area contributed by atoms with Crippen LogP contribution in [0, 0.1) is 23.7 Å². The van der Waals surface area contributed by atoms with Crippen molar-refractivity contribution >= 4 is 109 Å². The zero-order valence-corrected chi connectivity index (χ0v) is 51.4. The number of rotatable bonds is 16. The van der Waals surface area contributed by atoms with E-state index in [1.54, 1.807) is 0 Å². The Morgan fingerprint density at radius 3 is 1.84 bits per heavy atom. The van der Waals surface area contributed by atoms with Gasteiger partial charge >= 0.3 is 20.4 Å². The van der Waals surface area contributed by atoms with Gasteiger partial charge in [0.05, 0.1) is 40.0 Å². The molecule has 73 heavy (non-hydrogen) atoms. The van der Waals surface area contributed by atoms with Gasteiger partial charge in [-0.3, -0.25) is 4.84 Å². The molecule has 8 bridgehead atoms. The quantitative estimate of drug-likeness (QED) is 0.0502. The fourth-order valence-electron chi connectivity index (χ4n) is 10.5. The third-order valence-corrected chi connectivity index (χ3v) is 15.9. The molecule has 3 aliphatic heterocycles. The van der Waals surface area contributed by atoms with Crippen LogP contribution >= 0.6 is 63.7 Å². The minimum atomic E-state index is -1.61. The van der Waals surface area contributed by atoms with Gasteiger partial charge in [-0.15, -0.1) is 0 Å². The van der Waals surface area contributed by atoms with Crippen LogP contribution in [0.3, 0.4) is 0 Å². The van der Waals surface area contributed by atoms with Crippen molar-refractivity contribution in [2.24, 2.45) is 43.6 Å². The summed E-state index contributed by atoms with van der Waals surface area (Å²) in [7, 11) is 0. The van der Waals surface area contributed by atoms with Crippen molar-refractivity contribution in [3.63, 3.8) is 0 Å². The number of aromatic nitrogens is 2. The summed E-state index contributed by atoms with van der Waals surface area (Å²) < 4.78 is 22.2. The predicted molar refractivity (Wildman–Crippen MR) is 305 cm³/mol. The van der Waals surface area contributed by atoms with E-state index < -0.39 is 10.4 Å². The number of fused-ring (bicyclic) bond motifs is 18. The second-order valence-corrected chi connectivity index (χ2v) is 25.1. The van der Waals surface area contributed by atoms with E-state index >= 15 is 0 Å². The van der Waals surface area contributed by atoms with Crippen molar-refractivity contribution in [2.45, 2.75) is 144 Å². The number of hydrogen-bond donors (Lipinski definition) is 3. The first-order chi connectivity index (χ1) is 34.1. The van der Waals surface area contributed by atoms with Gasteiger partial charge in [0.2, 0.25) is 4.57 Å². The van der Waals surface area contributed by atoms with E-state index in [9.17, 15) is 0 Å². The molecular formula is C56H66Br4N8O4Pd+2. The Morgan fingerprint density at radius 2 is 1.19 bits per heavy atom. The number of hydroxylamine groups is 1. The summed E-state index contributed by atoms with van der Waals surface area (Å²) in [5, 5.41) is 9.31. The molecule has 0 saturated heterocycles. The maximum atomic E-state index is 7.48. The van der Waals surface area contributed by atoms with Gasteiger partial charge in [0.1, 0.15) is 39.9 Å². The molecule has 6 aromatic rings. The second-order valence-electron chi connectivity index (χ2n) is 21.5. The van der Waals surface area contributed by atoms with Crippen molar-refractivity contribution in [2.75, 3.05) is 5.06 Å². The molecule has 5 heterocycles. The zero-order valence-electron chi connectivity index (χ0n) is 43.5. The molecule has 0 radical (unpaired) electrons. The summed E-state index contributed by atoms with van der Waals surface area (Å²) in [6, 6.07) is 22.4. The Morgan fingerprint density at radius 1 is 0.603 bits per heavy atom. The zero-order chi connectivity index (χ0) is 51.6. The number of aliphatic imine (C=N–C) groups is 2. The molecule has 6 atom stereocenters. The number of ether oxygens (including phenoxy) is 3. The van der Waals surface area contributed by atoms with Crippen LogP contribution < -0.4 is 30.8 Å². The van der Waals surface area contributed by atoms with Crippen LogP contribution in [0.15, 0.2) is 100 Å². The van der Waals surface area contributed by atoms with E-state index in [0.717, 1.165) is 67.3 Å². The maximum absolute atomic E-state index is 7.48. The third kappa shape index (κ3) is 11.2. The van der Waals surface area contributed by atoms with Gasteiger partial charge < -0.3 is 29.5 Å². The number of anilines is 1.